The van der Waals surface area contributed by atoms with Crippen LogP contribution in [0.3, 0.4) is 0 Å². The molecule has 2 aliphatic rings. The summed E-state index contributed by atoms with van der Waals surface area (Å²) >= 11 is 0. The van der Waals surface area contributed by atoms with Crippen molar-refractivity contribution in [3.05, 3.63) is 0 Å². The van der Waals surface area contributed by atoms with Gasteiger partial charge < -0.3 is 10.2 Å². The zero-order valence-corrected chi connectivity index (χ0v) is 8.91. The first-order valence-electron chi connectivity index (χ1n) is 6.05. The van der Waals surface area contributed by atoms with Gasteiger partial charge in [0.25, 0.3) is 0 Å². The van der Waals surface area contributed by atoms with Crippen LogP contribution in [-0.4, -0.2) is 22.4 Å². The van der Waals surface area contributed by atoms with Crippen molar-refractivity contribution in [3.8, 4) is 0 Å². The van der Waals surface area contributed by atoms with Gasteiger partial charge in [-0.1, -0.05) is 32.1 Å². The van der Waals surface area contributed by atoms with Gasteiger partial charge in [-0.05, 0) is 31.1 Å². The van der Waals surface area contributed by atoms with Crippen molar-refractivity contribution >= 4 is 0 Å². The molecule has 0 radical (unpaired) electrons. The van der Waals surface area contributed by atoms with Crippen LogP contribution >= 0.6 is 0 Å². The average Bonchev–Trinajstić information content (AvgIpc) is 2.14. The number of aliphatic hydroxyl groups excluding tert-OH is 1. The van der Waals surface area contributed by atoms with Crippen molar-refractivity contribution in [2.24, 2.45) is 11.8 Å². The number of rotatable bonds is 1. The quantitative estimate of drug-likeness (QED) is 0.677. The summed E-state index contributed by atoms with van der Waals surface area (Å²) in [5.41, 5.74) is -0.745. The molecule has 2 heteroatoms. The number of hydrogen-bond donors (Lipinski definition) is 2. The summed E-state index contributed by atoms with van der Waals surface area (Å²) in [6.07, 6.45) is 9.49. The maximum Gasteiger partial charge on any atom is 0.0882 e. The summed E-state index contributed by atoms with van der Waals surface area (Å²) in [7, 11) is 0. The fourth-order valence-corrected chi connectivity index (χ4v) is 3.41. The molecule has 1 unspecified atom stereocenters. The Morgan fingerprint density at radius 2 is 1.57 bits per heavy atom. The first kappa shape index (κ1) is 10.4. The summed E-state index contributed by atoms with van der Waals surface area (Å²) in [5, 5.41) is 19.4. The van der Waals surface area contributed by atoms with Crippen molar-refractivity contribution in [2.45, 2.75) is 57.0 Å². The smallest absolute Gasteiger partial charge is 0.0882 e. The van der Waals surface area contributed by atoms with Crippen LogP contribution in [0.1, 0.15) is 51.4 Å². The molecule has 0 aliphatic heterocycles. The lowest BCUT2D eigenvalue weighted by atomic mass is 9.68. The maximum atomic E-state index is 10.2. The molecule has 0 spiro atoms. The first-order chi connectivity index (χ1) is 6.72. The second kappa shape index (κ2) is 4.19. The van der Waals surface area contributed by atoms with E-state index in [0.29, 0.717) is 11.8 Å². The molecule has 14 heavy (non-hydrogen) atoms. The third-order valence-corrected chi connectivity index (χ3v) is 4.02. The van der Waals surface area contributed by atoms with Crippen LogP contribution in [0.4, 0.5) is 0 Å². The highest BCUT2D eigenvalue weighted by molar-refractivity contribution is 4.90. The van der Waals surface area contributed by atoms with Crippen LogP contribution in [0.2, 0.25) is 0 Å². The lowest BCUT2D eigenvalue weighted by Crippen LogP contribution is -2.42. The Labute approximate surface area is 86.3 Å². The van der Waals surface area contributed by atoms with E-state index in [0.717, 1.165) is 12.8 Å². The first-order valence-corrected chi connectivity index (χ1v) is 6.05. The van der Waals surface area contributed by atoms with Gasteiger partial charge in [0.1, 0.15) is 0 Å². The maximum absolute atomic E-state index is 10.2. The normalized spacial score (nSPS) is 44.1. The molecule has 2 nitrogen and oxygen atoms in total. The van der Waals surface area contributed by atoms with Crippen LogP contribution in [0.15, 0.2) is 0 Å². The molecule has 0 saturated heterocycles. The number of fused-ring (bicyclic) bond motifs is 2. The van der Waals surface area contributed by atoms with Crippen molar-refractivity contribution < 1.29 is 10.2 Å². The van der Waals surface area contributed by atoms with Gasteiger partial charge in [0.05, 0.1) is 12.2 Å². The zero-order valence-electron chi connectivity index (χ0n) is 8.91. The van der Waals surface area contributed by atoms with Gasteiger partial charge in [0.15, 0.2) is 0 Å². The Hall–Kier alpha value is -0.0800. The third-order valence-electron chi connectivity index (χ3n) is 4.02. The van der Waals surface area contributed by atoms with E-state index in [1.165, 1.54) is 38.5 Å². The molecular weight excluding hydrogens is 176 g/mol. The minimum Gasteiger partial charge on any atom is -0.393 e. The van der Waals surface area contributed by atoms with E-state index in [9.17, 15) is 10.2 Å². The van der Waals surface area contributed by atoms with E-state index in [-0.39, 0.29) is 6.61 Å². The van der Waals surface area contributed by atoms with Crippen molar-refractivity contribution in [2.75, 3.05) is 6.61 Å². The lowest BCUT2D eigenvalue weighted by Gasteiger charge is -2.41. The molecule has 2 bridgehead atoms. The molecule has 0 aromatic rings. The fraction of sp³-hybridized carbons (Fsp3) is 1.00. The van der Waals surface area contributed by atoms with Crippen LogP contribution < -0.4 is 0 Å². The van der Waals surface area contributed by atoms with Crippen molar-refractivity contribution in [1.29, 1.82) is 0 Å². The second-order valence-electron chi connectivity index (χ2n) is 5.40. The highest BCUT2D eigenvalue weighted by atomic mass is 16.3. The second-order valence-corrected chi connectivity index (χ2v) is 5.40. The summed E-state index contributed by atoms with van der Waals surface area (Å²) in [6.45, 7) is -0.0417. The topological polar surface area (TPSA) is 40.5 Å². The molecule has 2 fully saturated rings. The van der Waals surface area contributed by atoms with Crippen molar-refractivity contribution in [1.82, 2.24) is 0 Å². The van der Waals surface area contributed by atoms with Gasteiger partial charge in [0.2, 0.25) is 0 Å². The SMILES string of the molecule is OCC1(O)C[C@@H]2CCCCC[C@@H](C2)C1. The Morgan fingerprint density at radius 1 is 1.00 bits per heavy atom. The molecule has 0 aromatic carbocycles. The largest absolute Gasteiger partial charge is 0.393 e. The number of hydrogen-bond acceptors (Lipinski definition) is 2. The predicted octanol–water partition coefficient (Wildman–Crippen LogP) is 2.09. The molecule has 2 rings (SSSR count). The van der Waals surface area contributed by atoms with Crippen LogP contribution in [0.25, 0.3) is 0 Å². The average molecular weight is 198 g/mol. The van der Waals surface area contributed by atoms with Crippen LogP contribution in [0, 0.1) is 11.8 Å². The molecule has 0 aromatic heterocycles. The van der Waals surface area contributed by atoms with Gasteiger partial charge in [-0.25, -0.2) is 0 Å². The van der Waals surface area contributed by atoms with Gasteiger partial charge in [0, 0.05) is 0 Å². The summed E-state index contributed by atoms with van der Waals surface area (Å²) < 4.78 is 0. The third kappa shape index (κ3) is 2.29. The molecule has 2 aliphatic carbocycles. The summed E-state index contributed by atoms with van der Waals surface area (Å²) in [5.74, 6) is 1.34. The molecule has 2 saturated carbocycles. The van der Waals surface area contributed by atoms with Crippen LogP contribution in [0.5, 0.6) is 0 Å². The zero-order chi connectivity index (χ0) is 10.0. The Balaban J connectivity index is 2.02. The van der Waals surface area contributed by atoms with E-state index >= 15 is 0 Å². The fourth-order valence-electron chi connectivity index (χ4n) is 3.41. The van der Waals surface area contributed by atoms with E-state index in [1.807, 2.05) is 0 Å². The minimum atomic E-state index is -0.745. The number of aliphatic hydroxyl groups is 2. The molecule has 3 atom stereocenters. The van der Waals surface area contributed by atoms with E-state index in [4.69, 9.17) is 0 Å². The van der Waals surface area contributed by atoms with Crippen LogP contribution in [-0.2, 0) is 0 Å². The summed E-state index contributed by atoms with van der Waals surface area (Å²) in [4.78, 5) is 0. The summed E-state index contributed by atoms with van der Waals surface area (Å²) in [6, 6.07) is 0. The molecule has 82 valence electrons. The van der Waals surface area contributed by atoms with Gasteiger partial charge >= 0.3 is 0 Å². The van der Waals surface area contributed by atoms with E-state index in [2.05, 4.69) is 0 Å². The van der Waals surface area contributed by atoms with Gasteiger partial charge in [-0.3, -0.25) is 0 Å². The monoisotopic (exact) mass is 198 g/mol. The lowest BCUT2D eigenvalue weighted by molar-refractivity contribution is -0.0783. The molecular formula is C12H22O2. The predicted molar refractivity (Wildman–Crippen MR) is 56.0 cm³/mol. The van der Waals surface area contributed by atoms with Gasteiger partial charge in [-0.15, -0.1) is 0 Å². The Morgan fingerprint density at radius 3 is 2.07 bits per heavy atom. The highest BCUT2D eigenvalue weighted by Crippen LogP contribution is 2.42. The highest BCUT2D eigenvalue weighted by Gasteiger charge is 2.38. The van der Waals surface area contributed by atoms with Crippen molar-refractivity contribution in [3.63, 3.8) is 0 Å². The minimum absolute atomic E-state index is 0.0417. The Kier molecular flexibility index (Phi) is 3.13. The molecule has 2 N–H and O–H groups in total. The standard InChI is InChI=1S/C12H22O2/c13-9-12(14)7-10-4-2-1-3-5-11(6-10)8-12/h10-11,13-14H,1-9H2/t10-,11+,12?. The Bertz CT molecular complexity index is 177. The van der Waals surface area contributed by atoms with E-state index < -0.39 is 5.60 Å². The molecule has 0 amide bonds. The van der Waals surface area contributed by atoms with E-state index in [1.54, 1.807) is 0 Å². The van der Waals surface area contributed by atoms with Gasteiger partial charge in [-0.2, -0.15) is 0 Å². The molecule has 0 heterocycles.